The third kappa shape index (κ3) is 2.52. The first kappa shape index (κ1) is 13.4. The lowest BCUT2D eigenvalue weighted by molar-refractivity contribution is -0.153. The zero-order chi connectivity index (χ0) is 13.2. The molecule has 0 heterocycles. The summed E-state index contributed by atoms with van der Waals surface area (Å²) in [7, 11) is 1.26. The molecule has 4 nitrogen and oxygen atoms in total. The van der Waals surface area contributed by atoms with Crippen LogP contribution < -0.4 is 4.74 Å². The Balaban J connectivity index is 3.15. The first-order valence-corrected chi connectivity index (χ1v) is 4.74. The molecule has 1 rings (SSSR count). The van der Waals surface area contributed by atoms with E-state index in [2.05, 4.69) is 4.74 Å². The monoisotopic (exact) mass is 246 g/mol. The number of carboxylic acid groups (broad SMARTS) is 1. The number of ether oxygens (including phenoxy) is 1. The third-order valence-electron chi connectivity index (χ3n) is 2.45. The van der Waals surface area contributed by atoms with Gasteiger partial charge in [-0.05, 0) is 24.6 Å². The molecule has 0 aliphatic heterocycles. The Morgan fingerprint density at radius 3 is 2.53 bits per heavy atom. The van der Waals surface area contributed by atoms with Crippen LogP contribution >= 0.6 is 0 Å². The van der Waals surface area contributed by atoms with Crippen molar-refractivity contribution in [1.29, 1.82) is 0 Å². The first-order chi connectivity index (χ1) is 7.80. The highest BCUT2D eigenvalue weighted by atomic mass is 19.1. The van der Waals surface area contributed by atoms with E-state index in [0.717, 1.165) is 13.0 Å². The summed E-state index contributed by atoms with van der Waals surface area (Å²) in [6.45, 7) is 0.965. The molecule has 17 heavy (non-hydrogen) atoms. The number of aliphatic carboxylic acids is 1. The van der Waals surface area contributed by atoms with Crippen molar-refractivity contribution in [2.24, 2.45) is 0 Å². The van der Waals surface area contributed by atoms with Gasteiger partial charge >= 0.3 is 5.97 Å². The fourth-order valence-corrected chi connectivity index (χ4v) is 1.37. The first-order valence-electron chi connectivity index (χ1n) is 4.74. The summed E-state index contributed by atoms with van der Waals surface area (Å²) in [4.78, 5) is 10.5. The van der Waals surface area contributed by atoms with Crippen LogP contribution in [0.1, 0.15) is 12.5 Å². The van der Waals surface area contributed by atoms with Crippen LogP contribution in [0.4, 0.5) is 8.78 Å². The SMILES string of the molecule is COc1ccc(C(C)(O)C(F)C(=O)O)cc1F. The van der Waals surface area contributed by atoms with Gasteiger partial charge in [-0.2, -0.15) is 0 Å². The van der Waals surface area contributed by atoms with E-state index in [1.54, 1.807) is 0 Å². The third-order valence-corrected chi connectivity index (χ3v) is 2.45. The number of alkyl halides is 1. The second kappa shape index (κ2) is 4.67. The summed E-state index contributed by atoms with van der Waals surface area (Å²) in [6, 6.07) is 3.24. The molecular weight excluding hydrogens is 234 g/mol. The van der Waals surface area contributed by atoms with Crippen molar-refractivity contribution in [2.45, 2.75) is 18.7 Å². The van der Waals surface area contributed by atoms with Crippen molar-refractivity contribution in [2.75, 3.05) is 7.11 Å². The molecule has 2 N–H and O–H groups in total. The maximum absolute atomic E-state index is 13.3. The maximum Gasteiger partial charge on any atom is 0.341 e. The number of halogens is 2. The normalized spacial score (nSPS) is 16.1. The van der Waals surface area contributed by atoms with Crippen molar-refractivity contribution >= 4 is 5.97 Å². The highest BCUT2D eigenvalue weighted by molar-refractivity contribution is 5.74. The number of carbonyl (C=O) groups is 1. The van der Waals surface area contributed by atoms with Crippen LogP contribution in [-0.2, 0) is 10.4 Å². The fourth-order valence-electron chi connectivity index (χ4n) is 1.37. The van der Waals surface area contributed by atoms with Gasteiger partial charge < -0.3 is 14.9 Å². The summed E-state index contributed by atoms with van der Waals surface area (Å²) in [5, 5.41) is 18.2. The molecule has 0 radical (unpaired) electrons. The Hall–Kier alpha value is -1.69. The summed E-state index contributed by atoms with van der Waals surface area (Å²) >= 11 is 0. The molecule has 1 aromatic carbocycles. The van der Waals surface area contributed by atoms with Crippen molar-refractivity contribution in [3.8, 4) is 5.75 Å². The molecule has 6 heteroatoms. The lowest BCUT2D eigenvalue weighted by atomic mass is 9.91. The number of aliphatic hydroxyl groups is 1. The topological polar surface area (TPSA) is 66.8 Å². The van der Waals surface area contributed by atoms with Gasteiger partial charge in [0, 0.05) is 0 Å². The lowest BCUT2D eigenvalue weighted by Crippen LogP contribution is -2.39. The molecule has 0 saturated carbocycles. The van der Waals surface area contributed by atoms with E-state index in [0.29, 0.717) is 0 Å². The minimum Gasteiger partial charge on any atom is -0.494 e. The van der Waals surface area contributed by atoms with Crippen LogP contribution in [0.5, 0.6) is 5.75 Å². The van der Waals surface area contributed by atoms with Crippen LogP contribution in [0, 0.1) is 5.82 Å². The number of carboxylic acids is 1. The summed E-state index contributed by atoms with van der Waals surface area (Å²) in [5.74, 6) is -2.69. The van der Waals surface area contributed by atoms with Gasteiger partial charge in [0.2, 0.25) is 6.17 Å². The van der Waals surface area contributed by atoms with E-state index in [9.17, 15) is 18.7 Å². The average molecular weight is 246 g/mol. The number of hydrogen-bond donors (Lipinski definition) is 2. The largest absolute Gasteiger partial charge is 0.494 e. The zero-order valence-corrected chi connectivity index (χ0v) is 9.28. The minimum absolute atomic E-state index is 0.0738. The molecule has 94 valence electrons. The highest BCUT2D eigenvalue weighted by Gasteiger charge is 2.39. The number of rotatable bonds is 4. The summed E-state index contributed by atoms with van der Waals surface area (Å²) in [5.41, 5.74) is -2.48. The molecule has 0 spiro atoms. The van der Waals surface area contributed by atoms with Crippen LogP contribution in [0.3, 0.4) is 0 Å². The van der Waals surface area contributed by atoms with Crippen LogP contribution in [0.25, 0.3) is 0 Å². The average Bonchev–Trinajstić information content (AvgIpc) is 2.27. The molecular formula is C11H12F2O4. The van der Waals surface area contributed by atoms with Gasteiger partial charge in [0.15, 0.2) is 11.6 Å². The second-order valence-corrected chi connectivity index (χ2v) is 3.70. The van der Waals surface area contributed by atoms with Gasteiger partial charge in [0.05, 0.1) is 7.11 Å². The number of hydrogen-bond acceptors (Lipinski definition) is 3. The van der Waals surface area contributed by atoms with Crippen molar-refractivity contribution < 1.29 is 28.5 Å². The Morgan fingerprint density at radius 2 is 2.12 bits per heavy atom. The number of methoxy groups -OCH3 is 1. The van der Waals surface area contributed by atoms with E-state index >= 15 is 0 Å². The van der Waals surface area contributed by atoms with Gasteiger partial charge in [-0.25, -0.2) is 13.6 Å². The molecule has 0 aromatic heterocycles. The zero-order valence-electron chi connectivity index (χ0n) is 9.28. The molecule has 2 unspecified atom stereocenters. The maximum atomic E-state index is 13.3. The van der Waals surface area contributed by atoms with Crippen molar-refractivity contribution in [3.63, 3.8) is 0 Å². The Labute approximate surface area is 96.5 Å². The molecule has 0 fully saturated rings. The van der Waals surface area contributed by atoms with Crippen LogP contribution in [0.15, 0.2) is 18.2 Å². The van der Waals surface area contributed by atoms with E-state index in [-0.39, 0.29) is 11.3 Å². The Bertz CT molecular complexity index is 431. The van der Waals surface area contributed by atoms with Crippen LogP contribution in [-0.4, -0.2) is 29.5 Å². The molecule has 1 aromatic rings. The summed E-state index contributed by atoms with van der Waals surface area (Å²) < 4.78 is 31.3. The molecule has 0 aliphatic rings. The van der Waals surface area contributed by atoms with Gasteiger partial charge in [-0.3, -0.25) is 0 Å². The van der Waals surface area contributed by atoms with Gasteiger partial charge in [-0.1, -0.05) is 6.07 Å². The van der Waals surface area contributed by atoms with Crippen molar-refractivity contribution in [1.82, 2.24) is 0 Å². The number of benzene rings is 1. The van der Waals surface area contributed by atoms with Crippen LogP contribution in [0.2, 0.25) is 0 Å². The second-order valence-electron chi connectivity index (χ2n) is 3.70. The van der Waals surface area contributed by atoms with E-state index in [4.69, 9.17) is 5.11 Å². The van der Waals surface area contributed by atoms with Gasteiger partial charge in [-0.15, -0.1) is 0 Å². The predicted molar refractivity (Wildman–Crippen MR) is 55.1 cm³/mol. The lowest BCUT2D eigenvalue weighted by Gasteiger charge is -2.25. The smallest absolute Gasteiger partial charge is 0.341 e. The molecule has 0 amide bonds. The molecule has 0 saturated heterocycles. The molecule has 0 bridgehead atoms. The highest BCUT2D eigenvalue weighted by Crippen LogP contribution is 2.30. The summed E-state index contributed by atoms with van der Waals surface area (Å²) in [6.07, 6.45) is -2.55. The van der Waals surface area contributed by atoms with Gasteiger partial charge in [0.25, 0.3) is 0 Å². The Kier molecular flexibility index (Phi) is 3.67. The Morgan fingerprint density at radius 1 is 1.53 bits per heavy atom. The van der Waals surface area contributed by atoms with Crippen molar-refractivity contribution in [3.05, 3.63) is 29.6 Å². The fraction of sp³-hybridized carbons (Fsp3) is 0.364. The standard InChI is InChI=1S/C11H12F2O4/c1-11(16,9(13)10(14)15)6-3-4-8(17-2)7(12)5-6/h3-5,9,16H,1-2H3,(H,14,15). The quantitative estimate of drug-likeness (QED) is 0.844. The predicted octanol–water partition coefficient (Wildman–Crippen LogP) is 1.46. The molecule has 2 atom stereocenters. The van der Waals surface area contributed by atoms with E-state index in [1.807, 2.05) is 0 Å². The molecule has 0 aliphatic carbocycles. The van der Waals surface area contributed by atoms with E-state index < -0.39 is 23.6 Å². The minimum atomic E-state index is -2.55. The van der Waals surface area contributed by atoms with Gasteiger partial charge in [0.1, 0.15) is 5.60 Å². The van der Waals surface area contributed by atoms with E-state index in [1.165, 1.54) is 19.2 Å².